The van der Waals surface area contributed by atoms with Crippen LogP contribution in [0, 0.1) is 11.8 Å². The average molecular weight is 344 g/mol. The van der Waals surface area contributed by atoms with E-state index in [1.54, 1.807) is 0 Å². The molecule has 1 aromatic carbocycles. The van der Waals surface area contributed by atoms with Crippen LogP contribution in [-0.4, -0.2) is 41.7 Å². The van der Waals surface area contributed by atoms with Crippen LogP contribution < -0.4 is 5.32 Å². The first kappa shape index (κ1) is 18.4. The van der Waals surface area contributed by atoms with Gasteiger partial charge in [-0.15, -0.1) is 0 Å². The Kier molecular flexibility index (Phi) is 6.49. The van der Waals surface area contributed by atoms with Gasteiger partial charge in [0.25, 0.3) is 0 Å². The van der Waals surface area contributed by atoms with Crippen LogP contribution in [0.3, 0.4) is 0 Å². The molecule has 25 heavy (non-hydrogen) atoms. The number of rotatable bonds is 6. The van der Waals surface area contributed by atoms with Gasteiger partial charge in [0.2, 0.25) is 5.91 Å². The molecule has 0 spiro atoms. The number of nitrogens with zero attached hydrogens (tertiary/aromatic N) is 1. The zero-order chi connectivity index (χ0) is 17.6. The molecule has 1 aromatic rings. The lowest BCUT2D eigenvalue weighted by Gasteiger charge is -2.32. The highest BCUT2D eigenvalue weighted by molar-refractivity contribution is 5.78. The molecule has 1 heterocycles. The first-order valence-electron chi connectivity index (χ1n) is 9.88. The highest BCUT2D eigenvalue weighted by Gasteiger charge is 2.30. The van der Waals surface area contributed by atoms with Crippen molar-refractivity contribution >= 4 is 5.91 Å². The van der Waals surface area contributed by atoms with Crippen molar-refractivity contribution in [3.8, 4) is 0 Å². The minimum absolute atomic E-state index is 0.116. The van der Waals surface area contributed by atoms with E-state index >= 15 is 0 Å². The number of carbonyl (C=O) groups excluding carboxylic acids is 1. The van der Waals surface area contributed by atoms with Crippen molar-refractivity contribution in [3.63, 3.8) is 0 Å². The van der Waals surface area contributed by atoms with Crippen LogP contribution in [0.15, 0.2) is 30.3 Å². The summed E-state index contributed by atoms with van der Waals surface area (Å²) in [6.07, 6.45) is 6.96. The Hall–Kier alpha value is -1.39. The highest BCUT2D eigenvalue weighted by atomic mass is 16.3. The third-order valence-electron chi connectivity index (χ3n) is 5.95. The van der Waals surface area contributed by atoms with Gasteiger partial charge in [0.1, 0.15) is 0 Å². The fourth-order valence-electron chi connectivity index (χ4n) is 4.42. The predicted molar refractivity (Wildman–Crippen MR) is 100 cm³/mol. The summed E-state index contributed by atoms with van der Waals surface area (Å²) in [4.78, 5) is 14.9. The largest absolute Gasteiger partial charge is 0.393 e. The van der Waals surface area contributed by atoms with E-state index in [0.29, 0.717) is 18.4 Å². The van der Waals surface area contributed by atoms with Gasteiger partial charge in [-0.2, -0.15) is 0 Å². The predicted octanol–water partition coefficient (Wildman–Crippen LogP) is 3.13. The second-order valence-corrected chi connectivity index (χ2v) is 7.88. The molecule has 1 saturated heterocycles. The molecule has 1 aliphatic carbocycles. The third-order valence-corrected chi connectivity index (χ3v) is 5.95. The minimum atomic E-state index is -0.285. The number of amides is 1. The van der Waals surface area contributed by atoms with Crippen molar-refractivity contribution in [1.82, 2.24) is 10.2 Å². The Balaban J connectivity index is 1.60. The topological polar surface area (TPSA) is 52.6 Å². The van der Waals surface area contributed by atoms with E-state index in [2.05, 4.69) is 34.5 Å². The summed E-state index contributed by atoms with van der Waals surface area (Å²) in [6, 6.07) is 10.6. The molecule has 4 heteroatoms. The molecule has 3 rings (SSSR count). The van der Waals surface area contributed by atoms with E-state index in [9.17, 15) is 9.90 Å². The monoisotopic (exact) mass is 344 g/mol. The molecule has 3 unspecified atom stereocenters. The Bertz CT molecular complexity index is 540. The van der Waals surface area contributed by atoms with E-state index < -0.39 is 0 Å². The summed E-state index contributed by atoms with van der Waals surface area (Å²) < 4.78 is 0. The Morgan fingerprint density at radius 3 is 2.52 bits per heavy atom. The number of aliphatic hydroxyl groups is 1. The van der Waals surface area contributed by atoms with Crippen molar-refractivity contribution in [3.05, 3.63) is 35.9 Å². The molecular formula is C21H32N2O2. The number of likely N-dealkylation sites (tertiary alicyclic amines) is 1. The Labute approximate surface area is 151 Å². The summed E-state index contributed by atoms with van der Waals surface area (Å²) in [7, 11) is 0. The molecule has 1 aliphatic heterocycles. The maximum Gasteiger partial charge on any atom is 0.234 e. The second kappa shape index (κ2) is 8.81. The van der Waals surface area contributed by atoms with Gasteiger partial charge in [-0.1, -0.05) is 49.6 Å². The highest BCUT2D eigenvalue weighted by Crippen LogP contribution is 2.34. The zero-order valence-electron chi connectivity index (χ0n) is 15.4. The lowest BCUT2D eigenvalue weighted by molar-refractivity contribution is -0.123. The van der Waals surface area contributed by atoms with E-state index in [1.807, 2.05) is 13.0 Å². The average Bonchev–Trinajstić information content (AvgIpc) is 3.10. The van der Waals surface area contributed by atoms with E-state index in [4.69, 9.17) is 0 Å². The quantitative estimate of drug-likeness (QED) is 0.834. The van der Waals surface area contributed by atoms with Crippen LogP contribution in [0.25, 0.3) is 0 Å². The van der Waals surface area contributed by atoms with Crippen LogP contribution in [0.5, 0.6) is 0 Å². The molecule has 1 amide bonds. The fourth-order valence-corrected chi connectivity index (χ4v) is 4.42. The molecule has 1 saturated carbocycles. The molecule has 0 radical (unpaired) electrons. The van der Waals surface area contributed by atoms with Gasteiger partial charge in [-0.3, -0.25) is 9.69 Å². The number of hydrogen-bond acceptors (Lipinski definition) is 3. The van der Waals surface area contributed by atoms with Crippen molar-refractivity contribution < 1.29 is 9.90 Å². The maximum absolute atomic E-state index is 12.7. The van der Waals surface area contributed by atoms with Crippen LogP contribution in [0.1, 0.15) is 57.1 Å². The van der Waals surface area contributed by atoms with Crippen molar-refractivity contribution in [1.29, 1.82) is 0 Å². The molecular weight excluding hydrogens is 312 g/mol. The molecule has 0 aromatic heterocycles. The summed E-state index contributed by atoms with van der Waals surface area (Å²) in [5.74, 6) is 0.964. The third kappa shape index (κ3) is 5.05. The first-order chi connectivity index (χ1) is 12.1. The summed E-state index contributed by atoms with van der Waals surface area (Å²) in [5, 5.41) is 13.1. The van der Waals surface area contributed by atoms with Gasteiger partial charge in [0.15, 0.2) is 0 Å². The van der Waals surface area contributed by atoms with Gasteiger partial charge in [-0.05, 0) is 50.1 Å². The Morgan fingerprint density at radius 2 is 1.88 bits per heavy atom. The number of carbonyl (C=O) groups is 1. The van der Waals surface area contributed by atoms with E-state index in [1.165, 1.54) is 37.7 Å². The summed E-state index contributed by atoms with van der Waals surface area (Å²) in [6.45, 7) is 4.02. The smallest absolute Gasteiger partial charge is 0.234 e. The fraction of sp³-hybridized carbons (Fsp3) is 0.667. The minimum Gasteiger partial charge on any atom is -0.393 e. The number of aliphatic hydroxyl groups excluding tert-OH is 1. The van der Waals surface area contributed by atoms with Crippen LogP contribution in [-0.2, 0) is 4.79 Å². The van der Waals surface area contributed by atoms with Gasteiger partial charge in [-0.25, -0.2) is 0 Å². The van der Waals surface area contributed by atoms with Gasteiger partial charge < -0.3 is 10.4 Å². The molecule has 2 N–H and O–H groups in total. The summed E-state index contributed by atoms with van der Waals surface area (Å²) in [5.41, 5.74) is 1.23. The molecule has 2 aliphatic rings. The first-order valence-corrected chi connectivity index (χ1v) is 9.88. The van der Waals surface area contributed by atoms with Crippen molar-refractivity contribution in [2.24, 2.45) is 11.8 Å². The Morgan fingerprint density at radius 1 is 1.16 bits per heavy atom. The van der Waals surface area contributed by atoms with E-state index in [-0.39, 0.29) is 18.1 Å². The van der Waals surface area contributed by atoms with Gasteiger partial charge >= 0.3 is 0 Å². The number of hydrogen-bond donors (Lipinski definition) is 2. The lowest BCUT2D eigenvalue weighted by atomic mass is 9.81. The maximum atomic E-state index is 12.7. The number of benzene rings is 1. The lowest BCUT2D eigenvalue weighted by Crippen LogP contribution is -2.41. The van der Waals surface area contributed by atoms with Crippen LogP contribution >= 0.6 is 0 Å². The second-order valence-electron chi connectivity index (χ2n) is 7.88. The van der Waals surface area contributed by atoms with Crippen LogP contribution in [0.2, 0.25) is 0 Å². The molecule has 2 fully saturated rings. The van der Waals surface area contributed by atoms with Crippen molar-refractivity contribution in [2.45, 2.75) is 57.6 Å². The molecule has 3 atom stereocenters. The molecule has 4 nitrogen and oxygen atoms in total. The standard InChI is InChI=1S/C21H32N2O2/c1-16(24)19-12-13-23(14-19)15-20(25)22-21(17-8-4-2-5-9-17)18-10-6-3-7-11-18/h2,4-5,8-9,16,18-19,21,24H,3,6-7,10-15H2,1H3,(H,22,25). The molecule has 0 bridgehead atoms. The normalized spacial score (nSPS) is 24.8. The van der Waals surface area contributed by atoms with Crippen LogP contribution in [0.4, 0.5) is 0 Å². The molecule has 138 valence electrons. The number of nitrogens with one attached hydrogen (secondary N) is 1. The zero-order valence-corrected chi connectivity index (χ0v) is 15.4. The summed E-state index contributed by atoms with van der Waals surface area (Å²) >= 11 is 0. The SMILES string of the molecule is CC(O)C1CCN(CC(=O)NC(c2ccccc2)C2CCCCC2)C1. The van der Waals surface area contributed by atoms with Gasteiger partial charge in [0, 0.05) is 6.54 Å². The van der Waals surface area contributed by atoms with Crippen molar-refractivity contribution in [2.75, 3.05) is 19.6 Å². The van der Waals surface area contributed by atoms with E-state index in [0.717, 1.165) is 19.5 Å². The van der Waals surface area contributed by atoms with Gasteiger partial charge in [0.05, 0.1) is 18.7 Å².